The fourth-order valence-corrected chi connectivity index (χ4v) is 4.04. The second-order valence-corrected chi connectivity index (χ2v) is 7.41. The smallest absolute Gasteiger partial charge is 0.242 e. The summed E-state index contributed by atoms with van der Waals surface area (Å²) in [5, 5.41) is 9.30. The van der Waals surface area contributed by atoms with Crippen LogP contribution in [0.3, 0.4) is 0 Å². The molecule has 2 heterocycles. The Kier molecular flexibility index (Phi) is 4.94. The molecule has 0 bridgehead atoms. The van der Waals surface area contributed by atoms with Crippen LogP contribution in [0, 0.1) is 12.8 Å². The van der Waals surface area contributed by atoms with Crippen molar-refractivity contribution in [3.05, 3.63) is 65.5 Å². The number of aliphatic hydroxyl groups is 1. The van der Waals surface area contributed by atoms with Crippen molar-refractivity contribution in [3.8, 4) is 0 Å². The van der Waals surface area contributed by atoms with Crippen LogP contribution in [0.15, 0.2) is 48.5 Å². The number of benzene rings is 2. The number of carbonyl (C=O) groups is 1. The fourth-order valence-electron chi connectivity index (χ4n) is 4.04. The Labute approximate surface area is 159 Å². The molecular formula is C22H25N3O2. The summed E-state index contributed by atoms with van der Waals surface area (Å²) in [4.78, 5) is 19.4. The maximum Gasteiger partial charge on any atom is 0.242 e. The van der Waals surface area contributed by atoms with E-state index in [9.17, 15) is 9.90 Å². The van der Waals surface area contributed by atoms with Crippen molar-refractivity contribution >= 4 is 16.9 Å². The number of nitrogens with zero attached hydrogens (tertiary/aromatic N) is 3. The molecule has 1 aromatic heterocycles. The summed E-state index contributed by atoms with van der Waals surface area (Å²) in [7, 11) is 0. The fraction of sp³-hybridized carbons (Fsp3) is 0.364. The largest absolute Gasteiger partial charge is 0.392 e. The third kappa shape index (κ3) is 3.74. The van der Waals surface area contributed by atoms with E-state index < -0.39 is 0 Å². The minimum atomic E-state index is 0.0708. The Morgan fingerprint density at radius 2 is 2.00 bits per heavy atom. The van der Waals surface area contributed by atoms with Crippen molar-refractivity contribution in [3.63, 3.8) is 0 Å². The number of hydrogen-bond donors (Lipinski definition) is 1. The highest BCUT2D eigenvalue weighted by Gasteiger charge is 2.27. The van der Waals surface area contributed by atoms with Crippen molar-refractivity contribution in [1.82, 2.24) is 14.5 Å². The van der Waals surface area contributed by atoms with Crippen LogP contribution in [0.2, 0.25) is 0 Å². The number of likely N-dealkylation sites (tertiary alicyclic amines) is 1. The lowest BCUT2D eigenvalue weighted by Gasteiger charge is -2.18. The zero-order chi connectivity index (χ0) is 18.8. The van der Waals surface area contributed by atoms with Gasteiger partial charge in [-0.05, 0) is 48.9 Å². The van der Waals surface area contributed by atoms with Gasteiger partial charge in [-0.2, -0.15) is 0 Å². The van der Waals surface area contributed by atoms with Gasteiger partial charge < -0.3 is 14.6 Å². The summed E-state index contributed by atoms with van der Waals surface area (Å²) in [6.07, 6.45) is 1.98. The van der Waals surface area contributed by atoms with Gasteiger partial charge in [0.25, 0.3) is 0 Å². The van der Waals surface area contributed by atoms with E-state index in [1.54, 1.807) is 0 Å². The summed E-state index contributed by atoms with van der Waals surface area (Å²) in [5.74, 6) is 1.51. The van der Waals surface area contributed by atoms with Gasteiger partial charge in [0.05, 0.1) is 17.6 Å². The number of aliphatic hydroxyl groups excluding tert-OH is 1. The SMILES string of the molecule is Cc1nc2ccccc2n1CC(=O)N1CC[C@H](Cc2cccc(CO)c2)C1. The Morgan fingerprint density at radius 3 is 2.85 bits per heavy atom. The summed E-state index contributed by atoms with van der Waals surface area (Å²) >= 11 is 0. The van der Waals surface area contributed by atoms with Crippen molar-refractivity contribution in [1.29, 1.82) is 0 Å². The minimum Gasteiger partial charge on any atom is -0.392 e. The van der Waals surface area contributed by atoms with Crippen LogP contribution in [-0.2, 0) is 24.4 Å². The van der Waals surface area contributed by atoms with Gasteiger partial charge in [0, 0.05) is 13.1 Å². The van der Waals surface area contributed by atoms with E-state index in [4.69, 9.17) is 0 Å². The van der Waals surface area contributed by atoms with E-state index in [1.165, 1.54) is 5.56 Å². The van der Waals surface area contributed by atoms with Gasteiger partial charge in [-0.3, -0.25) is 4.79 Å². The Morgan fingerprint density at radius 1 is 1.19 bits per heavy atom. The van der Waals surface area contributed by atoms with E-state index in [0.29, 0.717) is 12.5 Å². The Balaban J connectivity index is 1.41. The van der Waals surface area contributed by atoms with Crippen molar-refractivity contribution in [2.45, 2.75) is 32.9 Å². The molecule has 1 aliphatic rings. The van der Waals surface area contributed by atoms with Gasteiger partial charge in [0.1, 0.15) is 12.4 Å². The first-order chi connectivity index (χ1) is 13.1. The van der Waals surface area contributed by atoms with Crippen LogP contribution >= 0.6 is 0 Å². The lowest BCUT2D eigenvalue weighted by Crippen LogP contribution is -2.32. The maximum absolute atomic E-state index is 12.9. The molecule has 0 aliphatic carbocycles. The maximum atomic E-state index is 12.9. The monoisotopic (exact) mass is 363 g/mol. The molecule has 3 aromatic rings. The second kappa shape index (κ2) is 7.53. The van der Waals surface area contributed by atoms with E-state index in [-0.39, 0.29) is 12.5 Å². The highest BCUT2D eigenvalue weighted by Crippen LogP contribution is 2.23. The van der Waals surface area contributed by atoms with Gasteiger partial charge >= 0.3 is 0 Å². The molecule has 140 valence electrons. The average molecular weight is 363 g/mol. The van der Waals surface area contributed by atoms with Crippen LogP contribution in [0.25, 0.3) is 11.0 Å². The molecule has 0 unspecified atom stereocenters. The normalized spacial score (nSPS) is 17.0. The molecule has 0 spiro atoms. The first-order valence-corrected chi connectivity index (χ1v) is 9.52. The molecule has 1 atom stereocenters. The highest BCUT2D eigenvalue weighted by molar-refractivity contribution is 5.81. The predicted octanol–water partition coefficient (Wildman–Crippen LogP) is 2.93. The molecule has 27 heavy (non-hydrogen) atoms. The van der Waals surface area contributed by atoms with Crippen molar-refractivity contribution in [2.75, 3.05) is 13.1 Å². The first-order valence-electron chi connectivity index (χ1n) is 9.52. The van der Waals surface area contributed by atoms with E-state index in [1.807, 2.05) is 52.8 Å². The van der Waals surface area contributed by atoms with Gasteiger partial charge in [0.2, 0.25) is 5.91 Å². The summed E-state index contributed by atoms with van der Waals surface area (Å²) in [6.45, 7) is 3.98. The topological polar surface area (TPSA) is 58.4 Å². The zero-order valence-electron chi connectivity index (χ0n) is 15.6. The highest BCUT2D eigenvalue weighted by atomic mass is 16.3. The van der Waals surface area contributed by atoms with E-state index >= 15 is 0 Å². The Hall–Kier alpha value is -2.66. The molecule has 0 saturated carbocycles. The number of para-hydroxylation sites is 2. The van der Waals surface area contributed by atoms with Crippen LogP contribution < -0.4 is 0 Å². The molecule has 1 fully saturated rings. The molecule has 2 aromatic carbocycles. The standard InChI is InChI=1S/C22H25N3O2/c1-16-23-20-7-2-3-8-21(20)25(16)14-22(27)24-10-9-18(13-24)11-17-5-4-6-19(12-17)15-26/h2-8,12,18,26H,9-11,13-15H2,1H3/t18-/m1/s1. The quantitative estimate of drug-likeness (QED) is 0.758. The van der Waals surface area contributed by atoms with Crippen LogP contribution in [-0.4, -0.2) is 38.6 Å². The molecule has 0 radical (unpaired) electrons. The molecule has 1 saturated heterocycles. The number of hydrogen-bond acceptors (Lipinski definition) is 3. The molecule has 1 aliphatic heterocycles. The molecule has 4 rings (SSSR count). The lowest BCUT2D eigenvalue weighted by atomic mass is 9.97. The lowest BCUT2D eigenvalue weighted by molar-refractivity contribution is -0.130. The number of carbonyl (C=O) groups excluding carboxylic acids is 1. The zero-order valence-corrected chi connectivity index (χ0v) is 15.6. The van der Waals surface area contributed by atoms with E-state index in [0.717, 1.165) is 48.4 Å². The van der Waals surface area contributed by atoms with Crippen LogP contribution in [0.5, 0.6) is 0 Å². The number of rotatable bonds is 5. The molecule has 1 amide bonds. The second-order valence-electron chi connectivity index (χ2n) is 7.41. The number of amides is 1. The first kappa shape index (κ1) is 17.7. The molecular weight excluding hydrogens is 338 g/mol. The summed E-state index contributed by atoms with van der Waals surface area (Å²) < 4.78 is 2.01. The van der Waals surface area contributed by atoms with Gasteiger partial charge in [-0.1, -0.05) is 36.4 Å². The third-order valence-corrected chi connectivity index (χ3v) is 5.48. The predicted molar refractivity (Wildman–Crippen MR) is 105 cm³/mol. The number of fused-ring (bicyclic) bond motifs is 1. The van der Waals surface area contributed by atoms with Crippen LogP contribution in [0.1, 0.15) is 23.4 Å². The third-order valence-electron chi connectivity index (χ3n) is 5.48. The van der Waals surface area contributed by atoms with E-state index in [2.05, 4.69) is 17.1 Å². The summed E-state index contributed by atoms with van der Waals surface area (Å²) in [5.41, 5.74) is 4.13. The van der Waals surface area contributed by atoms with Gasteiger partial charge in [0.15, 0.2) is 0 Å². The van der Waals surface area contributed by atoms with Crippen molar-refractivity contribution in [2.24, 2.45) is 5.92 Å². The molecule has 5 nitrogen and oxygen atoms in total. The Bertz CT molecular complexity index is 963. The molecule has 5 heteroatoms. The average Bonchev–Trinajstić information content (AvgIpc) is 3.27. The van der Waals surface area contributed by atoms with Gasteiger partial charge in [-0.15, -0.1) is 0 Å². The van der Waals surface area contributed by atoms with Crippen molar-refractivity contribution < 1.29 is 9.90 Å². The van der Waals surface area contributed by atoms with Gasteiger partial charge in [-0.25, -0.2) is 4.98 Å². The number of aromatic nitrogens is 2. The van der Waals surface area contributed by atoms with Crippen LogP contribution in [0.4, 0.5) is 0 Å². The minimum absolute atomic E-state index is 0.0708. The number of imidazole rings is 1. The molecule has 1 N–H and O–H groups in total. The number of aryl methyl sites for hydroxylation is 1. The summed E-state index contributed by atoms with van der Waals surface area (Å²) in [6, 6.07) is 16.0.